The minimum atomic E-state index is -0.177. The van der Waals surface area contributed by atoms with E-state index in [0.717, 1.165) is 15.8 Å². The second kappa shape index (κ2) is 5.29. The number of rotatable bonds is 3. The number of amides is 1. The Morgan fingerprint density at radius 3 is 2.76 bits per heavy atom. The van der Waals surface area contributed by atoms with Gasteiger partial charge in [-0.3, -0.25) is 14.8 Å². The Labute approximate surface area is 126 Å². The molecule has 0 unspecified atom stereocenters. The van der Waals surface area contributed by atoms with Crippen LogP contribution in [0.2, 0.25) is 0 Å². The van der Waals surface area contributed by atoms with Crippen LogP contribution >= 0.6 is 11.3 Å². The number of carbonyl (C=O) groups is 1. The zero-order valence-corrected chi connectivity index (χ0v) is 13.0. The van der Waals surface area contributed by atoms with E-state index in [-0.39, 0.29) is 5.91 Å². The molecule has 0 saturated heterocycles. The Morgan fingerprint density at radius 1 is 1.29 bits per heavy atom. The highest BCUT2D eigenvalue weighted by Crippen LogP contribution is 2.31. The zero-order chi connectivity index (χ0) is 15.0. The van der Waals surface area contributed by atoms with Gasteiger partial charge in [0.25, 0.3) is 5.91 Å². The third-order valence-electron chi connectivity index (χ3n) is 3.41. The Hall–Kier alpha value is -2.21. The summed E-state index contributed by atoms with van der Waals surface area (Å²) in [5.41, 5.74) is 3.79. The molecule has 0 saturated carbocycles. The lowest BCUT2D eigenvalue weighted by atomic mass is 10.1. The van der Waals surface area contributed by atoms with E-state index in [1.807, 2.05) is 13.8 Å². The number of anilines is 1. The van der Waals surface area contributed by atoms with Gasteiger partial charge in [0.05, 0.1) is 10.2 Å². The fraction of sp³-hybridized carbons (Fsp3) is 0.267. The number of aromatic nitrogens is 3. The van der Waals surface area contributed by atoms with Gasteiger partial charge >= 0.3 is 0 Å². The quantitative estimate of drug-likeness (QED) is 0.806. The maximum absolute atomic E-state index is 12.3. The van der Waals surface area contributed by atoms with Crippen LogP contribution in [0.1, 0.15) is 28.5 Å². The number of carbonyl (C=O) groups excluding carboxylic acids is 1. The third-order valence-corrected chi connectivity index (χ3v) is 4.52. The predicted molar refractivity (Wildman–Crippen MR) is 84.9 cm³/mol. The molecule has 0 radical (unpaired) electrons. The first-order valence-electron chi connectivity index (χ1n) is 6.80. The van der Waals surface area contributed by atoms with Crippen LogP contribution in [0.25, 0.3) is 10.2 Å². The molecule has 3 aromatic rings. The van der Waals surface area contributed by atoms with Crippen LogP contribution in [-0.2, 0) is 6.54 Å². The van der Waals surface area contributed by atoms with Gasteiger partial charge in [-0.1, -0.05) is 23.5 Å². The normalized spacial score (nSPS) is 11.0. The van der Waals surface area contributed by atoms with Gasteiger partial charge in [-0.05, 0) is 38.0 Å². The minimum Gasteiger partial charge on any atom is -0.296 e. The largest absolute Gasteiger partial charge is 0.296 e. The smallest absolute Gasteiger partial charge is 0.275 e. The molecular weight excluding hydrogens is 284 g/mol. The van der Waals surface area contributed by atoms with Gasteiger partial charge in [-0.25, -0.2) is 4.98 Å². The van der Waals surface area contributed by atoms with Crippen molar-refractivity contribution in [2.24, 2.45) is 0 Å². The van der Waals surface area contributed by atoms with Gasteiger partial charge < -0.3 is 0 Å². The predicted octanol–water partition coefficient (Wildman–Crippen LogP) is 3.38. The zero-order valence-electron chi connectivity index (χ0n) is 12.2. The molecule has 2 heterocycles. The lowest BCUT2D eigenvalue weighted by Gasteiger charge is -2.03. The molecule has 0 fully saturated rings. The second-order valence-corrected chi connectivity index (χ2v) is 5.88. The van der Waals surface area contributed by atoms with Crippen molar-refractivity contribution >= 4 is 32.6 Å². The van der Waals surface area contributed by atoms with E-state index in [4.69, 9.17) is 0 Å². The van der Waals surface area contributed by atoms with Gasteiger partial charge in [0.2, 0.25) is 0 Å². The highest BCUT2D eigenvalue weighted by Gasteiger charge is 2.15. The average Bonchev–Trinajstić information content (AvgIpc) is 3.09. The number of fused-ring (bicyclic) bond motifs is 1. The molecule has 5 nitrogen and oxygen atoms in total. The summed E-state index contributed by atoms with van der Waals surface area (Å²) in [5, 5.41) is 7.60. The van der Waals surface area contributed by atoms with Crippen LogP contribution in [0.4, 0.5) is 5.13 Å². The lowest BCUT2D eigenvalue weighted by molar-refractivity contribution is 0.101. The highest BCUT2D eigenvalue weighted by atomic mass is 32.1. The number of thiazole rings is 1. The molecule has 2 aromatic heterocycles. The molecule has 0 spiro atoms. The lowest BCUT2D eigenvalue weighted by Crippen LogP contribution is -2.17. The Balaban J connectivity index is 1.93. The summed E-state index contributed by atoms with van der Waals surface area (Å²) in [6, 6.07) is 5.84. The van der Waals surface area contributed by atoms with Crippen LogP contribution in [-0.4, -0.2) is 20.7 Å². The van der Waals surface area contributed by atoms with Crippen molar-refractivity contribution in [1.29, 1.82) is 0 Å². The maximum atomic E-state index is 12.3. The molecule has 6 heteroatoms. The Kier molecular flexibility index (Phi) is 3.47. The van der Waals surface area contributed by atoms with Gasteiger partial charge in [0, 0.05) is 12.7 Å². The molecule has 0 aliphatic heterocycles. The Bertz CT molecular complexity index is 779. The van der Waals surface area contributed by atoms with Crippen LogP contribution in [0.15, 0.2) is 24.4 Å². The molecule has 0 atom stereocenters. The van der Waals surface area contributed by atoms with Gasteiger partial charge in [0.1, 0.15) is 5.69 Å². The molecule has 3 rings (SSSR count). The van der Waals surface area contributed by atoms with Crippen molar-refractivity contribution in [2.45, 2.75) is 27.3 Å². The van der Waals surface area contributed by atoms with E-state index >= 15 is 0 Å². The molecule has 1 aromatic carbocycles. The van der Waals surface area contributed by atoms with E-state index in [1.165, 1.54) is 16.9 Å². The summed E-state index contributed by atoms with van der Waals surface area (Å²) in [4.78, 5) is 16.8. The monoisotopic (exact) mass is 300 g/mol. The van der Waals surface area contributed by atoms with Crippen molar-refractivity contribution in [3.05, 3.63) is 41.2 Å². The molecule has 0 bridgehead atoms. The van der Waals surface area contributed by atoms with Gasteiger partial charge in [-0.2, -0.15) is 5.10 Å². The first-order valence-corrected chi connectivity index (χ1v) is 7.61. The number of aryl methyl sites for hydroxylation is 3. The first-order chi connectivity index (χ1) is 10.1. The van der Waals surface area contributed by atoms with Crippen molar-refractivity contribution in [3.63, 3.8) is 0 Å². The number of nitrogens with one attached hydrogen (secondary N) is 1. The van der Waals surface area contributed by atoms with E-state index < -0.39 is 0 Å². The summed E-state index contributed by atoms with van der Waals surface area (Å²) < 4.78 is 2.79. The number of nitrogens with zero attached hydrogens (tertiary/aromatic N) is 3. The highest BCUT2D eigenvalue weighted by molar-refractivity contribution is 7.22. The summed E-state index contributed by atoms with van der Waals surface area (Å²) in [5.74, 6) is -0.177. The number of benzene rings is 1. The second-order valence-electron chi connectivity index (χ2n) is 4.88. The molecule has 1 N–H and O–H groups in total. The molecule has 108 valence electrons. The molecule has 21 heavy (non-hydrogen) atoms. The molecule has 0 aliphatic carbocycles. The minimum absolute atomic E-state index is 0.177. The molecular formula is C15H16N4OS. The number of hydrogen-bond acceptors (Lipinski definition) is 4. The molecule has 0 aliphatic rings. The van der Waals surface area contributed by atoms with Gasteiger partial charge in [0.15, 0.2) is 5.13 Å². The standard InChI is InChI=1S/C15H16N4OS/c1-4-19-11(7-8-16-19)14(20)18-15-17-12-9(2)5-6-10(3)13(12)21-15/h5-8H,4H2,1-3H3,(H,17,18,20). The SMILES string of the molecule is CCn1nccc1C(=O)Nc1nc2c(C)ccc(C)c2s1. The summed E-state index contributed by atoms with van der Waals surface area (Å²) in [7, 11) is 0. The Morgan fingerprint density at radius 2 is 2.05 bits per heavy atom. The van der Waals surface area contributed by atoms with Crippen LogP contribution in [0.3, 0.4) is 0 Å². The fourth-order valence-corrected chi connectivity index (χ4v) is 3.26. The number of hydrogen-bond donors (Lipinski definition) is 1. The first kappa shape index (κ1) is 13.8. The van der Waals surface area contributed by atoms with E-state index in [1.54, 1.807) is 16.9 Å². The van der Waals surface area contributed by atoms with Crippen LogP contribution < -0.4 is 5.32 Å². The van der Waals surface area contributed by atoms with E-state index in [0.29, 0.717) is 17.4 Å². The van der Waals surface area contributed by atoms with Crippen LogP contribution in [0.5, 0.6) is 0 Å². The topological polar surface area (TPSA) is 59.8 Å². The maximum Gasteiger partial charge on any atom is 0.275 e. The summed E-state index contributed by atoms with van der Waals surface area (Å²) in [6.45, 7) is 6.69. The van der Waals surface area contributed by atoms with Crippen molar-refractivity contribution in [1.82, 2.24) is 14.8 Å². The van der Waals surface area contributed by atoms with Crippen molar-refractivity contribution < 1.29 is 4.79 Å². The van der Waals surface area contributed by atoms with Crippen molar-refractivity contribution in [2.75, 3.05) is 5.32 Å². The van der Waals surface area contributed by atoms with E-state index in [2.05, 4.69) is 34.5 Å². The van der Waals surface area contributed by atoms with Gasteiger partial charge in [-0.15, -0.1) is 0 Å². The fourth-order valence-electron chi connectivity index (χ4n) is 2.25. The summed E-state index contributed by atoms with van der Waals surface area (Å²) in [6.07, 6.45) is 1.63. The molecule has 1 amide bonds. The van der Waals surface area contributed by atoms with Crippen LogP contribution in [0, 0.1) is 13.8 Å². The van der Waals surface area contributed by atoms with E-state index in [9.17, 15) is 4.79 Å². The average molecular weight is 300 g/mol. The van der Waals surface area contributed by atoms with Crippen molar-refractivity contribution in [3.8, 4) is 0 Å². The third kappa shape index (κ3) is 2.42. The summed E-state index contributed by atoms with van der Waals surface area (Å²) >= 11 is 1.50.